The summed E-state index contributed by atoms with van der Waals surface area (Å²) in [6.45, 7) is 3.40. The van der Waals surface area contributed by atoms with Crippen molar-refractivity contribution in [1.29, 1.82) is 0 Å². The van der Waals surface area contributed by atoms with E-state index in [-0.39, 0.29) is 6.04 Å². The first-order chi connectivity index (χ1) is 6.02. The molecule has 13 heavy (non-hydrogen) atoms. The Morgan fingerprint density at radius 1 is 1.62 bits per heavy atom. The molecular formula is C9H13FN2O. The molecule has 0 aromatic carbocycles. The van der Waals surface area contributed by atoms with Gasteiger partial charge in [0.25, 0.3) is 0 Å². The molecule has 0 saturated heterocycles. The number of hydrogen-bond donors (Lipinski definition) is 2. The van der Waals surface area contributed by atoms with Crippen LogP contribution in [0.25, 0.3) is 0 Å². The Hall–Kier alpha value is -1.00. The van der Waals surface area contributed by atoms with E-state index in [1.165, 1.54) is 12.3 Å². The summed E-state index contributed by atoms with van der Waals surface area (Å²) >= 11 is 0. The van der Waals surface area contributed by atoms with Crippen LogP contribution in [-0.4, -0.2) is 16.1 Å². The molecule has 1 aromatic rings. The van der Waals surface area contributed by atoms with E-state index in [1.807, 2.05) is 0 Å². The van der Waals surface area contributed by atoms with Crippen LogP contribution in [0.4, 0.5) is 4.39 Å². The van der Waals surface area contributed by atoms with Crippen LogP contribution in [0.3, 0.4) is 0 Å². The molecule has 1 aromatic heterocycles. The summed E-state index contributed by atoms with van der Waals surface area (Å²) in [5.74, 6) is -0.543. The van der Waals surface area contributed by atoms with Crippen LogP contribution < -0.4 is 5.73 Å². The topological polar surface area (TPSA) is 59.1 Å². The minimum absolute atomic E-state index is 0.383. The molecule has 3 nitrogen and oxygen atoms in total. The number of rotatable bonds is 2. The van der Waals surface area contributed by atoms with Gasteiger partial charge in [0, 0.05) is 17.8 Å². The van der Waals surface area contributed by atoms with Crippen molar-refractivity contribution < 1.29 is 9.50 Å². The van der Waals surface area contributed by atoms with Crippen molar-refractivity contribution in [1.82, 2.24) is 4.98 Å². The fraction of sp³-hybridized carbons (Fsp3) is 0.444. The lowest BCUT2D eigenvalue weighted by Crippen LogP contribution is -2.25. The van der Waals surface area contributed by atoms with E-state index in [0.29, 0.717) is 11.1 Å². The maximum atomic E-state index is 12.6. The molecule has 0 amide bonds. The molecular weight excluding hydrogens is 171 g/mol. The Kier molecular flexibility index (Phi) is 2.95. The SMILES string of the molecule is Cc1cc(F)ncc1[C@H](O)[C@@H](C)N. The normalized spacial score (nSPS) is 15.5. The van der Waals surface area contributed by atoms with Crippen molar-refractivity contribution in [2.24, 2.45) is 5.73 Å². The quantitative estimate of drug-likeness (QED) is 0.671. The molecule has 0 spiro atoms. The Morgan fingerprint density at radius 2 is 2.23 bits per heavy atom. The summed E-state index contributed by atoms with van der Waals surface area (Å²) in [6.07, 6.45) is 0.534. The van der Waals surface area contributed by atoms with Crippen molar-refractivity contribution in [2.75, 3.05) is 0 Å². The van der Waals surface area contributed by atoms with Crippen molar-refractivity contribution in [3.8, 4) is 0 Å². The number of nitrogens with zero attached hydrogens (tertiary/aromatic N) is 1. The van der Waals surface area contributed by atoms with Crippen LogP contribution >= 0.6 is 0 Å². The molecule has 1 rings (SSSR count). The molecule has 4 heteroatoms. The summed E-state index contributed by atoms with van der Waals surface area (Å²) in [4.78, 5) is 3.46. The first-order valence-corrected chi connectivity index (χ1v) is 4.08. The van der Waals surface area contributed by atoms with E-state index in [9.17, 15) is 9.50 Å². The lowest BCUT2D eigenvalue weighted by molar-refractivity contribution is 0.152. The minimum atomic E-state index is -0.784. The van der Waals surface area contributed by atoms with Crippen molar-refractivity contribution in [2.45, 2.75) is 26.0 Å². The second kappa shape index (κ2) is 3.81. The summed E-state index contributed by atoms with van der Waals surface area (Å²) in [5.41, 5.74) is 6.75. The Balaban J connectivity index is 3.01. The van der Waals surface area contributed by atoms with Gasteiger partial charge in [-0.3, -0.25) is 0 Å². The fourth-order valence-corrected chi connectivity index (χ4v) is 1.13. The number of aliphatic hydroxyl groups excluding tert-OH is 1. The zero-order valence-corrected chi connectivity index (χ0v) is 7.66. The van der Waals surface area contributed by atoms with Crippen LogP contribution in [0.1, 0.15) is 24.2 Å². The molecule has 0 aliphatic carbocycles. The molecule has 3 N–H and O–H groups in total. The fourth-order valence-electron chi connectivity index (χ4n) is 1.13. The first-order valence-electron chi connectivity index (χ1n) is 4.08. The third-order valence-electron chi connectivity index (χ3n) is 1.93. The van der Waals surface area contributed by atoms with Crippen LogP contribution in [0.5, 0.6) is 0 Å². The summed E-state index contributed by atoms with van der Waals surface area (Å²) in [6, 6.07) is 0.895. The highest BCUT2D eigenvalue weighted by molar-refractivity contribution is 5.25. The van der Waals surface area contributed by atoms with Crippen LogP contribution in [-0.2, 0) is 0 Å². The average Bonchev–Trinajstić information content (AvgIpc) is 2.03. The minimum Gasteiger partial charge on any atom is -0.387 e. The van der Waals surface area contributed by atoms with E-state index in [4.69, 9.17) is 5.73 Å². The number of nitrogens with two attached hydrogens (primary N) is 1. The lowest BCUT2D eigenvalue weighted by atomic mass is 10.0. The van der Waals surface area contributed by atoms with Crippen LogP contribution in [0.2, 0.25) is 0 Å². The predicted molar refractivity (Wildman–Crippen MR) is 47.5 cm³/mol. The van der Waals surface area contributed by atoms with E-state index in [0.717, 1.165) is 0 Å². The summed E-state index contributed by atoms with van der Waals surface area (Å²) < 4.78 is 12.6. The Bertz CT molecular complexity index is 302. The highest BCUT2D eigenvalue weighted by Gasteiger charge is 2.15. The van der Waals surface area contributed by atoms with Gasteiger partial charge < -0.3 is 10.8 Å². The number of hydrogen-bond acceptors (Lipinski definition) is 3. The molecule has 0 aliphatic rings. The largest absolute Gasteiger partial charge is 0.387 e. The number of aromatic nitrogens is 1. The van der Waals surface area contributed by atoms with Gasteiger partial charge in [-0.15, -0.1) is 0 Å². The zero-order valence-electron chi connectivity index (χ0n) is 7.66. The molecule has 0 bridgehead atoms. The van der Waals surface area contributed by atoms with Crippen molar-refractivity contribution in [3.05, 3.63) is 29.3 Å². The monoisotopic (exact) mass is 184 g/mol. The second-order valence-electron chi connectivity index (χ2n) is 3.17. The van der Waals surface area contributed by atoms with Gasteiger partial charge in [-0.05, 0) is 25.5 Å². The first kappa shape index (κ1) is 10.1. The summed E-state index contributed by atoms with van der Waals surface area (Å²) in [5, 5.41) is 9.58. The van der Waals surface area contributed by atoms with E-state index >= 15 is 0 Å². The van der Waals surface area contributed by atoms with Gasteiger partial charge in [-0.2, -0.15) is 4.39 Å². The molecule has 0 unspecified atom stereocenters. The van der Waals surface area contributed by atoms with Gasteiger partial charge in [0.15, 0.2) is 0 Å². The van der Waals surface area contributed by atoms with Gasteiger partial charge in [-0.1, -0.05) is 0 Å². The third-order valence-corrected chi connectivity index (χ3v) is 1.93. The maximum Gasteiger partial charge on any atom is 0.213 e. The molecule has 0 radical (unpaired) electrons. The van der Waals surface area contributed by atoms with Gasteiger partial charge in [0.2, 0.25) is 5.95 Å². The summed E-state index contributed by atoms with van der Waals surface area (Å²) in [7, 11) is 0. The van der Waals surface area contributed by atoms with E-state index in [2.05, 4.69) is 4.98 Å². The van der Waals surface area contributed by atoms with Crippen molar-refractivity contribution >= 4 is 0 Å². The number of aryl methyl sites for hydroxylation is 1. The molecule has 2 atom stereocenters. The van der Waals surface area contributed by atoms with Gasteiger partial charge in [-0.25, -0.2) is 4.98 Å². The highest BCUT2D eigenvalue weighted by Crippen LogP contribution is 2.18. The van der Waals surface area contributed by atoms with Crippen molar-refractivity contribution in [3.63, 3.8) is 0 Å². The number of pyridine rings is 1. The standard InChI is InChI=1S/C9H13FN2O/c1-5-3-8(10)12-4-7(5)9(13)6(2)11/h3-4,6,9,13H,11H2,1-2H3/t6-,9-/m1/s1. The van der Waals surface area contributed by atoms with E-state index in [1.54, 1.807) is 13.8 Å². The molecule has 1 heterocycles. The van der Waals surface area contributed by atoms with Gasteiger partial charge >= 0.3 is 0 Å². The molecule has 0 fully saturated rings. The van der Waals surface area contributed by atoms with Crippen LogP contribution in [0.15, 0.2) is 12.3 Å². The second-order valence-corrected chi connectivity index (χ2v) is 3.17. The lowest BCUT2D eigenvalue weighted by Gasteiger charge is -2.16. The predicted octanol–water partition coefficient (Wildman–Crippen LogP) is 0.910. The Morgan fingerprint density at radius 3 is 2.69 bits per heavy atom. The molecule has 0 saturated carbocycles. The maximum absolute atomic E-state index is 12.6. The smallest absolute Gasteiger partial charge is 0.213 e. The number of halogens is 1. The zero-order chi connectivity index (χ0) is 10.0. The van der Waals surface area contributed by atoms with Crippen LogP contribution in [0, 0.1) is 12.9 Å². The number of aliphatic hydroxyl groups is 1. The van der Waals surface area contributed by atoms with Gasteiger partial charge in [0.05, 0.1) is 6.10 Å². The average molecular weight is 184 g/mol. The third kappa shape index (κ3) is 2.23. The van der Waals surface area contributed by atoms with E-state index < -0.39 is 12.1 Å². The molecule has 0 aliphatic heterocycles. The van der Waals surface area contributed by atoms with Gasteiger partial charge in [0.1, 0.15) is 0 Å². The highest BCUT2D eigenvalue weighted by atomic mass is 19.1. The molecule has 72 valence electrons. The Labute approximate surface area is 76.4 Å².